The van der Waals surface area contributed by atoms with Crippen LogP contribution in [-0.2, 0) is 14.3 Å². The van der Waals surface area contributed by atoms with Crippen LogP contribution in [0.5, 0.6) is 0 Å². The Morgan fingerprint density at radius 3 is 2.51 bits per heavy atom. The number of nitro benzene ring substituents is 1. The number of hydrogen-bond acceptors (Lipinski definition) is 8. The molecule has 0 saturated carbocycles. The van der Waals surface area contributed by atoms with Crippen LogP contribution in [0.2, 0.25) is 0 Å². The number of carbonyl (C=O) groups is 3. The van der Waals surface area contributed by atoms with Crippen LogP contribution in [0.15, 0.2) is 29.8 Å². The first kappa shape index (κ1) is 27.6. The predicted octanol–water partition coefficient (Wildman–Crippen LogP) is 3.48. The van der Waals surface area contributed by atoms with E-state index in [1.54, 1.807) is 19.9 Å². The number of aliphatic hydroxyl groups is 1. The summed E-state index contributed by atoms with van der Waals surface area (Å²) in [5, 5.41) is 22.9. The largest absolute Gasteiger partial charge is 0.507 e. The summed E-state index contributed by atoms with van der Waals surface area (Å²) >= 11 is 0. The number of ether oxygens (including phenoxy) is 1. The number of rotatable bonds is 10. The quantitative estimate of drug-likeness (QED) is 0.123. The molecule has 11 heteroatoms. The number of esters is 1. The molecule has 0 bridgehead atoms. The van der Waals surface area contributed by atoms with E-state index in [1.165, 1.54) is 30.2 Å². The first-order valence-corrected chi connectivity index (χ1v) is 12.1. The van der Waals surface area contributed by atoms with Crippen molar-refractivity contribution in [2.45, 2.75) is 40.2 Å². The molecular weight excluding hydrogens is 480 g/mol. The van der Waals surface area contributed by atoms with Gasteiger partial charge in [0.25, 0.3) is 17.4 Å². The fraction of sp³-hybridized carbons (Fsp3) is 0.423. The molecule has 0 radical (unpaired) electrons. The number of amides is 1. The van der Waals surface area contributed by atoms with Crippen LogP contribution in [0.4, 0.5) is 5.69 Å². The minimum atomic E-state index is -1.04. The van der Waals surface area contributed by atoms with E-state index in [9.17, 15) is 29.6 Å². The van der Waals surface area contributed by atoms with E-state index in [4.69, 9.17) is 4.74 Å². The van der Waals surface area contributed by atoms with E-state index in [-0.39, 0.29) is 29.1 Å². The van der Waals surface area contributed by atoms with Gasteiger partial charge in [-0.2, -0.15) is 0 Å². The van der Waals surface area contributed by atoms with Gasteiger partial charge in [-0.25, -0.2) is 4.79 Å². The van der Waals surface area contributed by atoms with Gasteiger partial charge in [0.05, 0.1) is 23.6 Å². The normalized spacial score (nSPS) is 17.0. The molecule has 2 heterocycles. The van der Waals surface area contributed by atoms with Crippen molar-refractivity contribution in [3.8, 4) is 0 Å². The molecule has 37 heavy (non-hydrogen) atoms. The van der Waals surface area contributed by atoms with Gasteiger partial charge in [-0.15, -0.1) is 0 Å². The summed E-state index contributed by atoms with van der Waals surface area (Å²) in [4.78, 5) is 56.0. The molecule has 1 saturated heterocycles. The van der Waals surface area contributed by atoms with Gasteiger partial charge in [0.2, 0.25) is 0 Å². The molecule has 2 aromatic rings. The molecule has 1 aromatic heterocycles. The van der Waals surface area contributed by atoms with Gasteiger partial charge in [0.1, 0.15) is 11.5 Å². The zero-order valence-corrected chi connectivity index (χ0v) is 21.7. The van der Waals surface area contributed by atoms with Gasteiger partial charge in [-0.05, 0) is 51.0 Å². The summed E-state index contributed by atoms with van der Waals surface area (Å²) in [7, 11) is 1.23. The molecule has 1 atom stereocenters. The fourth-order valence-electron chi connectivity index (χ4n) is 4.82. The monoisotopic (exact) mass is 512 g/mol. The summed E-state index contributed by atoms with van der Waals surface area (Å²) in [6, 6.07) is 4.65. The zero-order valence-electron chi connectivity index (χ0n) is 21.7. The standard InChI is InChI=1S/C26H32N4O7/c1-6-28(7-2)12-9-13-29-22(17-10-8-11-18(14-17)30(35)36)20(24(32)25(29)33)23(31)19-15(3)21(26(34)37-5)27-16(19)4/h8,10-11,14,22,27,31H,6-7,9,12-13H2,1-5H3/t22-/m0/s1. The number of aryl methyl sites for hydroxylation is 1. The van der Waals surface area contributed by atoms with Crippen molar-refractivity contribution in [2.75, 3.05) is 33.3 Å². The van der Waals surface area contributed by atoms with Crippen LogP contribution in [0, 0.1) is 24.0 Å². The second-order valence-corrected chi connectivity index (χ2v) is 8.84. The molecule has 198 valence electrons. The molecule has 3 rings (SSSR count). The third-order valence-electron chi connectivity index (χ3n) is 6.77. The number of nitrogens with zero attached hydrogens (tertiary/aromatic N) is 3. The lowest BCUT2D eigenvalue weighted by Gasteiger charge is -2.26. The van der Waals surface area contributed by atoms with Crippen molar-refractivity contribution < 1.29 is 29.2 Å². The van der Waals surface area contributed by atoms with Crippen molar-refractivity contribution in [1.82, 2.24) is 14.8 Å². The highest BCUT2D eigenvalue weighted by atomic mass is 16.6. The summed E-state index contributed by atoms with van der Waals surface area (Å²) in [5.74, 6) is -2.79. The maximum absolute atomic E-state index is 13.3. The number of non-ortho nitro benzene ring substituents is 1. The number of aliphatic hydroxyl groups excluding tert-OH is 1. The van der Waals surface area contributed by atoms with Gasteiger partial charge in [-0.1, -0.05) is 26.0 Å². The average Bonchev–Trinajstić information content (AvgIpc) is 3.32. The van der Waals surface area contributed by atoms with Gasteiger partial charge < -0.3 is 24.6 Å². The highest BCUT2D eigenvalue weighted by Gasteiger charge is 2.46. The molecule has 1 fully saturated rings. The summed E-state index contributed by atoms with van der Waals surface area (Å²) in [6.07, 6.45) is 0.564. The van der Waals surface area contributed by atoms with Gasteiger partial charge in [0.15, 0.2) is 0 Å². The van der Waals surface area contributed by atoms with Gasteiger partial charge in [0, 0.05) is 29.9 Å². The molecule has 1 aliphatic rings. The van der Waals surface area contributed by atoms with E-state index in [2.05, 4.69) is 9.88 Å². The van der Waals surface area contributed by atoms with Gasteiger partial charge in [-0.3, -0.25) is 19.7 Å². The zero-order chi connectivity index (χ0) is 27.4. The van der Waals surface area contributed by atoms with Crippen molar-refractivity contribution in [3.05, 3.63) is 68.0 Å². The number of benzene rings is 1. The highest BCUT2D eigenvalue weighted by molar-refractivity contribution is 6.46. The van der Waals surface area contributed by atoms with E-state index in [0.29, 0.717) is 29.8 Å². The van der Waals surface area contributed by atoms with E-state index < -0.39 is 34.4 Å². The van der Waals surface area contributed by atoms with E-state index in [0.717, 1.165) is 13.1 Å². The number of H-pyrrole nitrogens is 1. The van der Waals surface area contributed by atoms with Crippen LogP contribution in [0.25, 0.3) is 5.76 Å². The number of methoxy groups -OCH3 is 1. The van der Waals surface area contributed by atoms with Crippen LogP contribution >= 0.6 is 0 Å². The molecule has 1 aromatic carbocycles. The first-order chi connectivity index (χ1) is 17.6. The van der Waals surface area contributed by atoms with Crippen LogP contribution in [0.1, 0.15) is 59.2 Å². The second kappa shape index (κ2) is 11.4. The fourth-order valence-corrected chi connectivity index (χ4v) is 4.82. The van der Waals surface area contributed by atoms with Crippen molar-refractivity contribution in [1.29, 1.82) is 0 Å². The minimum Gasteiger partial charge on any atom is -0.507 e. The molecular formula is C26H32N4O7. The number of nitrogens with one attached hydrogen (secondary N) is 1. The summed E-state index contributed by atoms with van der Waals surface area (Å²) in [6.45, 7) is 9.84. The molecule has 0 spiro atoms. The Morgan fingerprint density at radius 2 is 1.92 bits per heavy atom. The van der Waals surface area contributed by atoms with Crippen molar-refractivity contribution in [3.63, 3.8) is 0 Å². The Hall–Kier alpha value is -3.99. The lowest BCUT2D eigenvalue weighted by molar-refractivity contribution is -0.384. The van der Waals surface area contributed by atoms with Crippen molar-refractivity contribution >= 4 is 29.1 Å². The Balaban J connectivity index is 2.17. The topological polar surface area (TPSA) is 146 Å². The third-order valence-corrected chi connectivity index (χ3v) is 6.77. The number of carbonyl (C=O) groups excluding carboxylic acids is 3. The number of Topliss-reactive ketones (excluding diaryl/α,β-unsaturated/α-hetero) is 1. The number of hydrogen-bond donors (Lipinski definition) is 2. The smallest absolute Gasteiger partial charge is 0.354 e. The maximum Gasteiger partial charge on any atom is 0.354 e. The molecule has 0 aliphatic carbocycles. The lowest BCUT2D eigenvalue weighted by Crippen LogP contribution is -2.33. The number of aromatic amines is 1. The molecule has 1 aliphatic heterocycles. The van der Waals surface area contributed by atoms with Gasteiger partial charge >= 0.3 is 5.97 Å². The SMILES string of the molecule is CCN(CC)CCCN1C(=O)C(=O)C(=C(O)c2c(C)[nH]c(C(=O)OC)c2C)[C@@H]1c1cccc([N+](=O)[O-])c1. The molecule has 11 nitrogen and oxygen atoms in total. The molecule has 2 N–H and O–H groups in total. The van der Waals surface area contributed by atoms with Crippen LogP contribution in [-0.4, -0.2) is 75.8 Å². The third kappa shape index (κ3) is 5.26. The van der Waals surface area contributed by atoms with Crippen LogP contribution < -0.4 is 0 Å². The molecule has 1 amide bonds. The summed E-state index contributed by atoms with van der Waals surface area (Å²) in [5.41, 5.74) is 1.02. The van der Waals surface area contributed by atoms with E-state index in [1.807, 2.05) is 13.8 Å². The second-order valence-electron chi connectivity index (χ2n) is 8.84. The maximum atomic E-state index is 13.3. The van der Waals surface area contributed by atoms with E-state index >= 15 is 0 Å². The lowest BCUT2D eigenvalue weighted by atomic mass is 9.93. The molecule has 0 unspecified atom stereocenters. The first-order valence-electron chi connectivity index (χ1n) is 12.1. The summed E-state index contributed by atoms with van der Waals surface area (Å²) < 4.78 is 4.79. The Bertz CT molecular complexity index is 1260. The van der Waals surface area contributed by atoms with Crippen LogP contribution in [0.3, 0.4) is 0 Å². The average molecular weight is 513 g/mol. The number of aromatic nitrogens is 1. The van der Waals surface area contributed by atoms with Crippen molar-refractivity contribution in [2.24, 2.45) is 0 Å². The number of likely N-dealkylation sites (tertiary alicyclic amines) is 1. The Kier molecular flexibility index (Phi) is 8.49. The predicted molar refractivity (Wildman–Crippen MR) is 136 cm³/mol. The Labute approximate surface area is 214 Å². The number of ketones is 1. The minimum absolute atomic E-state index is 0.113. The number of nitro groups is 1. The highest BCUT2D eigenvalue weighted by Crippen LogP contribution is 2.41. The Morgan fingerprint density at radius 1 is 1.24 bits per heavy atom.